The second-order valence-corrected chi connectivity index (χ2v) is 8.08. The Morgan fingerprint density at radius 3 is 2.31 bits per heavy atom. The quantitative estimate of drug-likeness (QED) is 0.305. The lowest BCUT2D eigenvalue weighted by Crippen LogP contribution is -2.14. The molecule has 0 aliphatic heterocycles. The summed E-state index contributed by atoms with van der Waals surface area (Å²) in [5.41, 5.74) is 3.62. The van der Waals surface area contributed by atoms with Gasteiger partial charge in [-0.3, -0.25) is 9.59 Å². The Balaban J connectivity index is 1.59. The van der Waals surface area contributed by atoms with Crippen LogP contribution in [0.15, 0.2) is 75.6 Å². The minimum atomic E-state index is -0.451. The number of ketones is 1. The van der Waals surface area contributed by atoms with Crippen molar-refractivity contribution in [2.24, 2.45) is 0 Å². The molecule has 0 spiro atoms. The standard InChI is InChI=1S/C26H18ClNO4/c1-14-7-12-18-15(2)24(32-21(18)13-14)26(30)28-22-19-5-3-4-6-20(19)31-25(22)23(29)16-8-10-17(27)11-9-16/h3-13H,1-2H3,(H,28,30). The number of amides is 1. The number of carbonyl (C=O) groups is 2. The lowest BCUT2D eigenvalue weighted by molar-refractivity contribution is 0.0997. The van der Waals surface area contributed by atoms with Gasteiger partial charge in [0.25, 0.3) is 5.91 Å². The van der Waals surface area contributed by atoms with Gasteiger partial charge in [0.2, 0.25) is 5.78 Å². The summed E-state index contributed by atoms with van der Waals surface area (Å²) < 4.78 is 11.7. The predicted molar refractivity (Wildman–Crippen MR) is 125 cm³/mol. The Morgan fingerprint density at radius 1 is 0.812 bits per heavy atom. The van der Waals surface area contributed by atoms with E-state index in [1.54, 1.807) is 42.5 Å². The zero-order chi connectivity index (χ0) is 22.4. The zero-order valence-electron chi connectivity index (χ0n) is 17.4. The number of anilines is 1. The Morgan fingerprint density at radius 2 is 1.53 bits per heavy atom. The van der Waals surface area contributed by atoms with E-state index in [2.05, 4.69) is 5.32 Å². The highest BCUT2D eigenvalue weighted by molar-refractivity contribution is 6.30. The van der Waals surface area contributed by atoms with Gasteiger partial charge in [0, 0.05) is 26.9 Å². The molecule has 158 valence electrons. The van der Waals surface area contributed by atoms with E-state index >= 15 is 0 Å². The summed E-state index contributed by atoms with van der Waals surface area (Å²) in [6.07, 6.45) is 0. The van der Waals surface area contributed by atoms with E-state index in [1.165, 1.54) is 0 Å². The number of hydrogen-bond acceptors (Lipinski definition) is 4. The summed E-state index contributed by atoms with van der Waals surface area (Å²) in [5, 5.41) is 4.88. The van der Waals surface area contributed by atoms with E-state index in [0.29, 0.717) is 32.8 Å². The molecule has 3 aromatic carbocycles. The highest BCUT2D eigenvalue weighted by Crippen LogP contribution is 2.34. The maximum absolute atomic E-state index is 13.2. The number of benzene rings is 3. The number of aryl methyl sites for hydroxylation is 2. The van der Waals surface area contributed by atoms with Crippen LogP contribution in [-0.2, 0) is 0 Å². The Kier molecular flexibility index (Phi) is 4.83. The predicted octanol–water partition coefficient (Wildman–Crippen LogP) is 6.93. The number of halogens is 1. The molecule has 2 heterocycles. The van der Waals surface area contributed by atoms with Crippen LogP contribution >= 0.6 is 11.6 Å². The molecule has 1 amide bonds. The summed E-state index contributed by atoms with van der Waals surface area (Å²) in [5.74, 6) is -0.564. The molecule has 2 aromatic heterocycles. The van der Waals surface area contributed by atoms with Crippen molar-refractivity contribution in [3.8, 4) is 0 Å². The highest BCUT2D eigenvalue weighted by Gasteiger charge is 2.26. The van der Waals surface area contributed by atoms with Gasteiger partial charge in [0.1, 0.15) is 11.2 Å². The lowest BCUT2D eigenvalue weighted by Gasteiger charge is -2.05. The van der Waals surface area contributed by atoms with Crippen LogP contribution in [0.3, 0.4) is 0 Å². The molecule has 1 N–H and O–H groups in total. The number of para-hydroxylation sites is 1. The van der Waals surface area contributed by atoms with Crippen molar-refractivity contribution in [3.05, 3.63) is 100.0 Å². The third kappa shape index (κ3) is 3.37. The third-order valence-electron chi connectivity index (χ3n) is 5.45. The SMILES string of the molecule is Cc1ccc2c(C)c(C(=O)Nc3c(C(=O)c4ccc(Cl)cc4)oc4ccccc34)oc2c1. The van der Waals surface area contributed by atoms with E-state index in [0.717, 1.165) is 16.5 Å². The van der Waals surface area contributed by atoms with Gasteiger partial charge in [-0.05, 0) is 61.9 Å². The van der Waals surface area contributed by atoms with Crippen molar-refractivity contribution < 1.29 is 18.4 Å². The molecule has 0 unspecified atom stereocenters. The first kappa shape index (κ1) is 20.1. The van der Waals surface area contributed by atoms with Gasteiger partial charge in [-0.1, -0.05) is 35.9 Å². The summed E-state index contributed by atoms with van der Waals surface area (Å²) in [7, 11) is 0. The molecule has 32 heavy (non-hydrogen) atoms. The normalized spacial score (nSPS) is 11.2. The maximum atomic E-state index is 13.2. The molecular weight excluding hydrogens is 426 g/mol. The largest absolute Gasteiger partial charge is 0.451 e. The van der Waals surface area contributed by atoms with Gasteiger partial charge in [-0.15, -0.1) is 0 Å². The molecule has 5 nitrogen and oxygen atoms in total. The first-order valence-corrected chi connectivity index (χ1v) is 10.4. The molecule has 0 saturated carbocycles. The molecule has 0 saturated heterocycles. The number of fused-ring (bicyclic) bond motifs is 2. The molecule has 0 radical (unpaired) electrons. The molecule has 5 rings (SSSR count). The van der Waals surface area contributed by atoms with E-state index < -0.39 is 5.91 Å². The summed E-state index contributed by atoms with van der Waals surface area (Å²) in [6.45, 7) is 3.80. The average Bonchev–Trinajstić information content (AvgIpc) is 3.31. The molecule has 0 atom stereocenters. The van der Waals surface area contributed by atoms with Gasteiger partial charge in [-0.2, -0.15) is 0 Å². The first-order chi connectivity index (χ1) is 15.4. The molecule has 0 bridgehead atoms. The fraction of sp³-hybridized carbons (Fsp3) is 0.0769. The third-order valence-corrected chi connectivity index (χ3v) is 5.70. The smallest absolute Gasteiger partial charge is 0.291 e. The van der Waals surface area contributed by atoms with Crippen molar-refractivity contribution in [1.82, 2.24) is 0 Å². The van der Waals surface area contributed by atoms with E-state index in [9.17, 15) is 9.59 Å². The number of nitrogens with one attached hydrogen (secondary N) is 1. The fourth-order valence-electron chi connectivity index (χ4n) is 3.78. The lowest BCUT2D eigenvalue weighted by atomic mass is 10.1. The van der Waals surface area contributed by atoms with Crippen LogP contribution in [0.25, 0.3) is 21.9 Å². The monoisotopic (exact) mass is 443 g/mol. The minimum Gasteiger partial charge on any atom is -0.451 e. The average molecular weight is 444 g/mol. The van der Waals surface area contributed by atoms with Crippen LogP contribution in [0, 0.1) is 13.8 Å². The molecule has 0 fully saturated rings. The number of rotatable bonds is 4. The number of hydrogen-bond donors (Lipinski definition) is 1. The number of carbonyl (C=O) groups excluding carboxylic acids is 2. The second kappa shape index (κ2) is 7.70. The van der Waals surface area contributed by atoms with Gasteiger partial charge in [0.15, 0.2) is 11.5 Å². The van der Waals surface area contributed by atoms with Crippen LogP contribution in [0.1, 0.15) is 37.8 Å². The van der Waals surface area contributed by atoms with Crippen LogP contribution in [0.2, 0.25) is 5.02 Å². The van der Waals surface area contributed by atoms with Crippen molar-refractivity contribution in [2.45, 2.75) is 13.8 Å². The molecular formula is C26H18ClNO4. The van der Waals surface area contributed by atoms with E-state index in [4.69, 9.17) is 20.4 Å². The van der Waals surface area contributed by atoms with E-state index in [1.807, 2.05) is 38.1 Å². The summed E-state index contributed by atoms with van der Waals surface area (Å²) >= 11 is 5.95. The second-order valence-electron chi connectivity index (χ2n) is 7.65. The Labute approximate surface area is 188 Å². The molecule has 5 aromatic rings. The van der Waals surface area contributed by atoms with Crippen molar-refractivity contribution in [1.29, 1.82) is 0 Å². The number of furan rings is 2. The topological polar surface area (TPSA) is 72.5 Å². The van der Waals surface area contributed by atoms with Crippen molar-refractivity contribution >= 4 is 50.9 Å². The molecule has 6 heteroatoms. The molecule has 0 aliphatic carbocycles. The van der Waals surface area contributed by atoms with Crippen molar-refractivity contribution in [2.75, 3.05) is 5.32 Å². The van der Waals surface area contributed by atoms with Gasteiger partial charge in [-0.25, -0.2) is 0 Å². The zero-order valence-corrected chi connectivity index (χ0v) is 18.1. The highest BCUT2D eigenvalue weighted by atomic mass is 35.5. The fourth-order valence-corrected chi connectivity index (χ4v) is 3.91. The Hall–Kier alpha value is -3.83. The summed E-state index contributed by atoms with van der Waals surface area (Å²) in [4.78, 5) is 26.4. The van der Waals surface area contributed by atoms with Gasteiger partial charge >= 0.3 is 0 Å². The molecule has 0 aliphatic rings. The van der Waals surface area contributed by atoms with Crippen LogP contribution in [0.5, 0.6) is 0 Å². The minimum absolute atomic E-state index is 0.0477. The van der Waals surface area contributed by atoms with Crippen LogP contribution in [0.4, 0.5) is 5.69 Å². The van der Waals surface area contributed by atoms with Gasteiger partial charge < -0.3 is 14.2 Å². The Bertz CT molecular complexity index is 1510. The van der Waals surface area contributed by atoms with Gasteiger partial charge in [0.05, 0.1) is 5.69 Å². The van der Waals surface area contributed by atoms with Crippen molar-refractivity contribution in [3.63, 3.8) is 0 Å². The summed E-state index contributed by atoms with van der Waals surface area (Å²) in [6, 6.07) is 19.5. The van der Waals surface area contributed by atoms with E-state index in [-0.39, 0.29) is 17.3 Å². The first-order valence-electron chi connectivity index (χ1n) is 10.1. The maximum Gasteiger partial charge on any atom is 0.291 e. The van der Waals surface area contributed by atoms with Crippen LogP contribution < -0.4 is 5.32 Å². The van der Waals surface area contributed by atoms with Crippen LogP contribution in [-0.4, -0.2) is 11.7 Å².